The fourth-order valence-corrected chi connectivity index (χ4v) is 3.44. The van der Waals surface area contributed by atoms with E-state index in [0.29, 0.717) is 0 Å². The van der Waals surface area contributed by atoms with Gasteiger partial charge < -0.3 is 9.64 Å². The van der Waals surface area contributed by atoms with Crippen molar-refractivity contribution in [3.8, 4) is 5.75 Å². The Bertz CT molecular complexity index is 460. The number of likely N-dealkylation sites (tertiary alicyclic amines) is 1. The van der Waals surface area contributed by atoms with Crippen molar-refractivity contribution in [1.82, 2.24) is 9.80 Å². The monoisotopic (exact) mass is 274 g/mol. The van der Waals surface area contributed by atoms with Crippen molar-refractivity contribution in [2.45, 2.75) is 26.3 Å². The highest BCUT2D eigenvalue weighted by Crippen LogP contribution is 2.26. The molecule has 0 spiro atoms. The fourth-order valence-electron chi connectivity index (χ4n) is 3.44. The van der Waals surface area contributed by atoms with Crippen LogP contribution in [0.3, 0.4) is 0 Å². The Morgan fingerprint density at radius 1 is 1.40 bits per heavy atom. The first-order valence-electron chi connectivity index (χ1n) is 7.90. The average Bonchev–Trinajstić information content (AvgIpc) is 3.06. The fraction of sp³-hybridized carbons (Fsp3) is 0.647. The summed E-state index contributed by atoms with van der Waals surface area (Å²) in [5.41, 5.74) is 2.82. The van der Waals surface area contributed by atoms with Gasteiger partial charge in [-0.2, -0.15) is 0 Å². The third kappa shape index (κ3) is 3.15. The number of nitrogens with zero attached hydrogens (tertiary/aromatic N) is 2. The summed E-state index contributed by atoms with van der Waals surface area (Å²) < 4.78 is 5.59. The van der Waals surface area contributed by atoms with Gasteiger partial charge in [-0.3, -0.25) is 4.90 Å². The zero-order valence-electron chi connectivity index (χ0n) is 12.8. The molecule has 2 heterocycles. The predicted molar refractivity (Wildman–Crippen MR) is 82.2 cm³/mol. The van der Waals surface area contributed by atoms with Crippen molar-refractivity contribution in [2.75, 3.05) is 39.8 Å². The minimum atomic E-state index is 0.845. The summed E-state index contributed by atoms with van der Waals surface area (Å²) in [6.45, 7) is 9.08. The molecule has 1 aromatic rings. The smallest absolute Gasteiger partial charge is 0.122 e. The summed E-state index contributed by atoms with van der Waals surface area (Å²) in [4.78, 5) is 5.03. The number of benzene rings is 1. The van der Waals surface area contributed by atoms with E-state index < -0.39 is 0 Å². The van der Waals surface area contributed by atoms with Crippen LogP contribution in [0.2, 0.25) is 0 Å². The van der Waals surface area contributed by atoms with Gasteiger partial charge in [0.15, 0.2) is 0 Å². The highest BCUT2D eigenvalue weighted by Gasteiger charge is 2.21. The maximum Gasteiger partial charge on any atom is 0.122 e. The van der Waals surface area contributed by atoms with Crippen LogP contribution >= 0.6 is 0 Å². The molecule has 3 rings (SSSR count). The Hall–Kier alpha value is -1.06. The van der Waals surface area contributed by atoms with Gasteiger partial charge in [-0.05, 0) is 49.7 Å². The minimum absolute atomic E-state index is 0.845. The van der Waals surface area contributed by atoms with Gasteiger partial charge in [-0.1, -0.05) is 19.1 Å². The minimum Gasteiger partial charge on any atom is -0.493 e. The van der Waals surface area contributed by atoms with Crippen LogP contribution < -0.4 is 4.74 Å². The molecule has 0 radical (unpaired) electrons. The molecule has 1 fully saturated rings. The summed E-state index contributed by atoms with van der Waals surface area (Å²) in [6.07, 6.45) is 2.42. The number of rotatable bonds is 5. The molecule has 0 aromatic heterocycles. The van der Waals surface area contributed by atoms with E-state index in [1.54, 1.807) is 0 Å². The van der Waals surface area contributed by atoms with E-state index in [0.717, 1.165) is 37.8 Å². The van der Waals surface area contributed by atoms with Crippen LogP contribution in [0.15, 0.2) is 18.2 Å². The first kappa shape index (κ1) is 13.9. The van der Waals surface area contributed by atoms with Crippen LogP contribution in [-0.4, -0.2) is 49.6 Å². The molecule has 3 nitrogen and oxygen atoms in total. The molecule has 2 aliphatic heterocycles. The van der Waals surface area contributed by atoms with E-state index in [4.69, 9.17) is 4.74 Å². The van der Waals surface area contributed by atoms with E-state index in [1.807, 2.05) is 0 Å². The maximum absolute atomic E-state index is 5.59. The van der Waals surface area contributed by atoms with Crippen molar-refractivity contribution >= 4 is 0 Å². The van der Waals surface area contributed by atoms with Crippen LogP contribution in [0.5, 0.6) is 5.75 Å². The van der Waals surface area contributed by atoms with Crippen molar-refractivity contribution in [1.29, 1.82) is 0 Å². The third-order valence-corrected chi connectivity index (χ3v) is 4.61. The molecular weight excluding hydrogens is 248 g/mol. The van der Waals surface area contributed by atoms with Crippen molar-refractivity contribution < 1.29 is 4.74 Å². The van der Waals surface area contributed by atoms with Crippen LogP contribution in [0, 0.1) is 5.92 Å². The lowest BCUT2D eigenvalue weighted by molar-refractivity contribution is 0.233. The molecule has 20 heavy (non-hydrogen) atoms. The highest BCUT2D eigenvalue weighted by atomic mass is 16.5. The molecule has 1 saturated heterocycles. The first-order valence-corrected chi connectivity index (χ1v) is 7.90. The maximum atomic E-state index is 5.59. The quantitative estimate of drug-likeness (QED) is 0.820. The van der Waals surface area contributed by atoms with Gasteiger partial charge >= 0.3 is 0 Å². The van der Waals surface area contributed by atoms with E-state index >= 15 is 0 Å². The Kier molecular flexibility index (Phi) is 4.27. The normalized spacial score (nSPS) is 22.2. The molecule has 2 aliphatic rings. The van der Waals surface area contributed by atoms with Gasteiger partial charge in [0, 0.05) is 26.1 Å². The summed E-state index contributed by atoms with van der Waals surface area (Å²) in [5, 5.41) is 0. The van der Waals surface area contributed by atoms with Gasteiger partial charge in [0.05, 0.1) is 6.61 Å². The van der Waals surface area contributed by atoms with Crippen LogP contribution in [0.1, 0.15) is 24.5 Å². The standard InChI is InChI=1S/C17H26N2O/c1-3-19(13-15-6-8-18(2)11-15)12-14-4-5-17-16(10-14)7-9-20-17/h4-5,10,15H,3,6-9,11-13H2,1-2H3/t15-/m1/s1. The molecule has 0 saturated carbocycles. The summed E-state index contributed by atoms with van der Waals surface area (Å²) in [5.74, 6) is 1.94. The van der Waals surface area contributed by atoms with E-state index in [-0.39, 0.29) is 0 Å². The third-order valence-electron chi connectivity index (χ3n) is 4.61. The Balaban J connectivity index is 1.60. The molecule has 3 heteroatoms. The predicted octanol–water partition coefficient (Wildman–Crippen LogP) is 2.40. The van der Waals surface area contributed by atoms with Crippen molar-refractivity contribution in [3.05, 3.63) is 29.3 Å². The zero-order valence-corrected chi connectivity index (χ0v) is 12.8. The van der Waals surface area contributed by atoms with Crippen molar-refractivity contribution in [2.24, 2.45) is 5.92 Å². The molecule has 0 amide bonds. The molecule has 0 aliphatic carbocycles. The van der Waals surface area contributed by atoms with Gasteiger partial charge in [-0.15, -0.1) is 0 Å². The molecule has 1 aromatic carbocycles. The second kappa shape index (κ2) is 6.15. The lowest BCUT2D eigenvalue weighted by Gasteiger charge is -2.24. The zero-order chi connectivity index (χ0) is 13.9. The molecular formula is C17H26N2O. The number of hydrogen-bond acceptors (Lipinski definition) is 3. The SMILES string of the molecule is CCN(Cc1ccc2c(c1)CCO2)C[C@@H]1CCN(C)C1. The average molecular weight is 274 g/mol. The largest absolute Gasteiger partial charge is 0.493 e. The Morgan fingerprint density at radius 2 is 2.30 bits per heavy atom. The molecule has 1 atom stereocenters. The van der Waals surface area contributed by atoms with Crippen LogP contribution in [-0.2, 0) is 13.0 Å². The summed E-state index contributed by atoms with van der Waals surface area (Å²) in [6, 6.07) is 6.72. The first-order chi connectivity index (χ1) is 9.74. The lowest BCUT2D eigenvalue weighted by atomic mass is 10.1. The van der Waals surface area contributed by atoms with Gasteiger partial charge in [-0.25, -0.2) is 0 Å². The van der Waals surface area contributed by atoms with E-state index in [1.165, 1.54) is 37.2 Å². The molecule has 110 valence electrons. The molecule has 0 N–H and O–H groups in total. The highest BCUT2D eigenvalue weighted by molar-refractivity contribution is 5.39. The van der Waals surface area contributed by atoms with Crippen LogP contribution in [0.25, 0.3) is 0 Å². The molecule has 0 unspecified atom stereocenters. The molecule has 0 bridgehead atoms. The summed E-state index contributed by atoms with van der Waals surface area (Å²) in [7, 11) is 2.23. The second-order valence-electron chi connectivity index (χ2n) is 6.29. The number of hydrogen-bond donors (Lipinski definition) is 0. The Labute approximate surface area is 122 Å². The second-order valence-corrected chi connectivity index (χ2v) is 6.29. The van der Waals surface area contributed by atoms with Gasteiger partial charge in [0.25, 0.3) is 0 Å². The van der Waals surface area contributed by atoms with Crippen molar-refractivity contribution in [3.63, 3.8) is 0 Å². The van der Waals surface area contributed by atoms with E-state index in [9.17, 15) is 0 Å². The van der Waals surface area contributed by atoms with E-state index in [2.05, 4.69) is 42.0 Å². The van der Waals surface area contributed by atoms with Gasteiger partial charge in [0.1, 0.15) is 5.75 Å². The van der Waals surface area contributed by atoms with Gasteiger partial charge in [0.2, 0.25) is 0 Å². The lowest BCUT2D eigenvalue weighted by Crippen LogP contribution is -2.30. The topological polar surface area (TPSA) is 15.7 Å². The summed E-state index contributed by atoms with van der Waals surface area (Å²) >= 11 is 0. The van der Waals surface area contributed by atoms with Crippen LogP contribution in [0.4, 0.5) is 0 Å². The number of fused-ring (bicyclic) bond motifs is 1. The number of ether oxygens (including phenoxy) is 1. The Morgan fingerprint density at radius 3 is 3.05 bits per heavy atom.